The molecule has 4 heteroatoms. The Bertz CT molecular complexity index is 227. The van der Waals surface area contributed by atoms with Crippen LogP contribution in [0.1, 0.15) is 32.1 Å². The molecular weight excluding hydrogens is 192 g/mol. The van der Waals surface area contributed by atoms with E-state index in [0.717, 1.165) is 19.4 Å². The van der Waals surface area contributed by atoms with E-state index in [1.165, 1.54) is 19.3 Å². The molecule has 1 aliphatic heterocycles. The lowest BCUT2D eigenvalue weighted by Gasteiger charge is -2.38. The van der Waals surface area contributed by atoms with Crippen molar-refractivity contribution in [3.63, 3.8) is 0 Å². The summed E-state index contributed by atoms with van der Waals surface area (Å²) in [7, 11) is 0. The maximum Gasteiger partial charge on any atom is 0.410 e. The van der Waals surface area contributed by atoms with Crippen LogP contribution >= 0.6 is 0 Å². The number of hydrogen-bond acceptors (Lipinski definition) is 3. The molecule has 2 N–H and O–H groups in total. The van der Waals surface area contributed by atoms with Gasteiger partial charge in [-0.15, -0.1) is 0 Å². The predicted molar refractivity (Wildman–Crippen MR) is 57.5 cm³/mol. The van der Waals surface area contributed by atoms with Gasteiger partial charge in [0.25, 0.3) is 0 Å². The van der Waals surface area contributed by atoms with E-state index in [9.17, 15) is 4.79 Å². The molecule has 0 spiro atoms. The second-order valence-corrected chi connectivity index (χ2v) is 4.62. The number of hydrogen-bond donors (Lipinski definition) is 1. The highest BCUT2D eigenvalue weighted by Crippen LogP contribution is 2.25. The summed E-state index contributed by atoms with van der Waals surface area (Å²) in [6.45, 7) is 1.90. The number of nitrogens with two attached hydrogens (primary N) is 1. The van der Waals surface area contributed by atoms with Crippen molar-refractivity contribution in [2.24, 2.45) is 11.7 Å². The van der Waals surface area contributed by atoms with Crippen molar-refractivity contribution in [1.29, 1.82) is 0 Å². The number of ether oxygens (including phenoxy) is 1. The first kappa shape index (κ1) is 10.7. The molecule has 15 heavy (non-hydrogen) atoms. The van der Waals surface area contributed by atoms with Crippen LogP contribution in [0.25, 0.3) is 0 Å². The van der Waals surface area contributed by atoms with E-state index in [2.05, 4.69) is 0 Å². The second kappa shape index (κ2) is 4.84. The number of amides is 1. The molecule has 1 amide bonds. The zero-order valence-electron chi connectivity index (χ0n) is 9.15. The highest BCUT2D eigenvalue weighted by Gasteiger charge is 2.32. The third-order valence-electron chi connectivity index (χ3n) is 3.48. The molecule has 2 fully saturated rings. The van der Waals surface area contributed by atoms with Crippen LogP contribution in [0.2, 0.25) is 0 Å². The fourth-order valence-corrected chi connectivity index (χ4v) is 2.51. The van der Waals surface area contributed by atoms with Gasteiger partial charge in [0.15, 0.2) is 0 Å². The highest BCUT2D eigenvalue weighted by atomic mass is 16.6. The van der Waals surface area contributed by atoms with Crippen LogP contribution in [0.4, 0.5) is 4.79 Å². The maximum atomic E-state index is 11.6. The van der Waals surface area contributed by atoms with Gasteiger partial charge in [0, 0.05) is 25.0 Å². The number of cyclic esters (lactones) is 1. The minimum atomic E-state index is -0.133. The van der Waals surface area contributed by atoms with E-state index >= 15 is 0 Å². The molecule has 0 radical (unpaired) electrons. The van der Waals surface area contributed by atoms with Crippen LogP contribution in [-0.2, 0) is 4.74 Å². The van der Waals surface area contributed by atoms with E-state index in [1.54, 1.807) is 0 Å². The van der Waals surface area contributed by atoms with Gasteiger partial charge < -0.3 is 15.4 Å². The van der Waals surface area contributed by atoms with Gasteiger partial charge in [-0.2, -0.15) is 0 Å². The summed E-state index contributed by atoms with van der Waals surface area (Å²) >= 11 is 0. The molecule has 0 aromatic heterocycles. The van der Waals surface area contributed by atoms with Gasteiger partial charge in [-0.05, 0) is 12.8 Å². The Kier molecular flexibility index (Phi) is 3.46. The number of rotatable bonds is 2. The first-order valence-corrected chi connectivity index (χ1v) is 5.94. The smallest absolute Gasteiger partial charge is 0.410 e. The van der Waals surface area contributed by atoms with Crippen molar-refractivity contribution in [2.45, 2.75) is 38.1 Å². The molecule has 1 saturated carbocycles. The first-order valence-electron chi connectivity index (χ1n) is 5.94. The van der Waals surface area contributed by atoms with Gasteiger partial charge in [-0.1, -0.05) is 19.3 Å². The molecule has 1 saturated heterocycles. The lowest BCUT2D eigenvalue weighted by atomic mass is 9.93. The largest absolute Gasteiger partial charge is 0.449 e. The van der Waals surface area contributed by atoms with Crippen LogP contribution < -0.4 is 5.73 Å². The monoisotopic (exact) mass is 212 g/mol. The average Bonchev–Trinajstić information content (AvgIpc) is 2.31. The average molecular weight is 212 g/mol. The van der Waals surface area contributed by atoms with Crippen LogP contribution in [0.5, 0.6) is 0 Å². The molecule has 1 unspecified atom stereocenters. The maximum absolute atomic E-state index is 11.6. The second-order valence-electron chi connectivity index (χ2n) is 4.62. The Morgan fingerprint density at radius 2 is 2.07 bits per heavy atom. The van der Waals surface area contributed by atoms with E-state index in [4.69, 9.17) is 10.5 Å². The molecule has 0 bridgehead atoms. The van der Waals surface area contributed by atoms with Gasteiger partial charge in [0.05, 0.1) is 6.61 Å². The fraction of sp³-hybridized carbons (Fsp3) is 0.909. The summed E-state index contributed by atoms with van der Waals surface area (Å²) < 4.78 is 5.15. The summed E-state index contributed by atoms with van der Waals surface area (Å²) in [6.07, 6.45) is 5.91. The Morgan fingerprint density at radius 3 is 2.73 bits per heavy atom. The summed E-state index contributed by atoms with van der Waals surface area (Å²) in [6, 6.07) is 0.403. The first-order chi connectivity index (χ1) is 7.31. The van der Waals surface area contributed by atoms with Crippen LogP contribution in [0.15, 0.2) is 0 Å². The van der Waals surface area contributed by atoms with E-state index in [-0.39, 0.29) is 6.09 Å². The third kappa shape index (κ3) is 2.43. The predicted octanol–water partition coefficient (Wildman–Crippen LogP) is 1.35. The zero-order chi connectivity index (χ0) is 10.7. The lowest BCUT2D eigenvalue weighted by molar-refractivity contribution is 0.0214. The fourth-order valence-electron chi connectivity index (χ4n) is 2.51. The Balaban J connectivity index is 1.95. The summed E-state index contributed by atoms with van der Waals surface area (Å²) in [4.78, 5) is 13.5. The van der Waals surface area contributed by atoms with Crippen molar-refractivity contribution < 1.29 is 9.53 Å². The van der Waals surface area contributed by atoms with Crippen molar-refractivity contribution in [3.05, 3.63) is 0 Å². The van der Waals surface area contributed by atoms with Crippen molar-refractivity contribution in [2.75, 3.05) is 19.7 Å². The quantitative estimate of drug-likeness (QED) is 0.751. The molecule has 1 atom stereocenters. The van der Waals surface area contributed by atoms with E-state index < -0.39 is 0 Å². The Morgan fingerprint density at radius 1 is 1.33 bits per heavy atom. The Hall–Kier alpha value is -0.770. The van der Waals surface area contributed by atoms with Gasteiger partial charge in [0.1, 0.15) is 0 Å². The standard InChI is InChI=1S/C11H20N2O2/c12-6-9-7-13(11(14)15-8-9)10-4-2-1-3-5-10/h9-10H,1-8,12H2. The number of carbonyl (C=O) groups excluding carboxylic acids is 1. The highest BCUT2D eigenvalue weighted by molar-refractivity contribution is 5.68. The zero-order valence-corrected chi connectivity index (χ0v) is 9.15. The van der Waals surface area contributed by atoms with Crippen LogP contribution in [0.3, 0.4) is 0 Å². The van der Waals surface area contributed by atoms with Crippen molar-refractivity contribution in [3.8, 4) is 0 Å². The lowest BCUT2D eigenvalue weighted by Crippen LogP contribution is -2.50. The van der Waals surface area contributed by atoms with Crippen LogP contribution in [0, 0.1) is 5.92 Å². The topological polar surface area (TPSA) is 55.6 Å². The third-order valence-corrected chi connectivity index (χ3v) is 3.48. The molecule has 0 aromatic carbocycles. The molecule has 0 aromatic rings. The van der Waals surface area contributed by atoms with E-state index in [0.29, 0.717) is 25.1 Å². The molecule has 2 aliphatic rings. The molecular formula is C11H20N2O2. The minimum Gasteiger partial charge on any atom is -0.449 e. The molecule has 1 heterocycles. The van der Waals surface area contributed by atoms with Gasteiger partial charge in [-0.3, -0.25) is 0 Å². The van der Waals surface area contributed by atoms with Gasteiger partial charge in [-0.25, -0.2) is 4.79 Å². The van der Waals surface area contributed by atoms with Crippen molar-refractivity contribution >= 4 is 6.09 Å². The van der Waals surface area contributed by atoms with Gasteiger partial charge in [0.2, 0.25) is 0 Å². The number of carbonyl (C=O) groups is 1. The molecule has 4 nitrogen and oxygen atoms in total. The number of nitrogens with zero attached hydrogens (tertiary/aromatic N) is 1. The van der Waals surface area contributed by atoms with E-state index in [1.807, 2.05) is 4.90 Å². The van der Waals surface area contributed by atoms with Crippen LogP contribution in [-0.4, -0.2) is 36.7 Å². The Labute approximate surface area is 90.8 Å². The SMILES string of the molecule is NCC1COC(=O)N(C2CCCCC2)C1. The minimum absolute atomic E-state index is 0.133. The van der Waals surface area contributed by atoms with Crippen molar-refractivity contribution in [1.82, 2.24) is 4.90 Å². The van der Waals surface area contributed by atoms with Gasteiger partial charge >= 0.3 is 6.09 Å². The molecule has 2 rings (SSSR count). The summed E-state index contributed by atoms with van der Waals surface area (Å²) in [5.74, 6) is 0.324. The molecule has 1 aliphatic carbocycles. The molecule has 86 valence electrons. The summed E-state index contributed by atoms with van der Waals surface area (Å²) in [5.41, 5.74) is 5.62. The summed E-state index contributed by atoms with van der Waals surface area (Å²) in [5, 5.41) is 0. The normalized spacial score (nSPS) is 29.0.